The van der Waals surface area contributed by atoms with E-state index in [1.54, 1.807) is 18.2 Å². The van der Waals surface area contributed by atoms with E-state index in [-0.39, 0.29) is 6.61 Å². The van der Waals surface area contributed by atoms with Gasteiger partial charge in [0, 0.05) is 13.1 Å². The van der Waals surface area contributed by atoms with Crippen LogP contribution >= 0.6 is 0 Å². The predicted octanol–water partition coefficient (Wildman–Crippen LogP) is 1.69. The molecule has 1 unspecified atom stereocenters. The molecule has 1 saturated carbocycles. The third kappa shape index (κ3) is 4.23. The normalized spacial score (nSPS) is 17.5. The van der Waals surface area contributed by atoms with Crippen molar-refractivity contribution in [3.63, 3.8) is 0 Å². The first-order valence-electron chi connectivity index (χ1n) is 6.64. The molecule has 1 aromatic carbocycles. The SMILES string of the molecule is CC1(CNCC(O)COc2ccccc2C#N)CC1. The summed E-state index contributed by atoms with van der Waals surface area (Å²) >= 11 is 0. The Morgan fingerprint density at radius 1 is 1.47 bits per heavy atom. The van der Waals surface area contributed by atoms with Gasteiger partial charge in [0.15, 0.2) is 0 Å². The van der Waals surface area contributed by atoms with E-state index in [4.69, 9.17) is 10.00 Å². The maximum Gasteiger partial charge on any atom is 0.137 e. The molecule has 2 rings (SSSR count). The lowest BCUT2D eigenvalue weighted by Crippen LogP contribution is -2.34. The molecule has 0 heterocycles. The van der Waals surface area contributed by atoms with Crippen LogP contribution in [0.25, 0.3) is 0 Å². The Hall–Kier alpha value is -1.57. The molecule has 0 amide bonds. The van der Waals surface area contributed by atoms with Gasteiger partial charge in [-0.05, 0) is 30.4 Å². The molecule has 1 fully saturated rings. The number of hydrogen-bond acceptors (Lipinski definition) is 4. The van der Waals surface area contributed by atoms with Crippen LogP contribution in [0.3, 0.4) is 0 Å². The summed E-state index contributed by atoms with van der Waals surface area (Å²) in [7, 11) is 0. The van der Waals surface area contributed by atoms with Gasteiger partial charge in [-0.15, -0.1) is 0 Å². The average molecular weight is 260 g/mol. The topological polar surface area (TPSA) is 65.3 Å². The van der Waals surface area contributed by atoms with E-state index in [1.807, 2.05) is 6.07 Å². The quantitative estimate of drug-likeness (QED) is 0.783. The molecule has 0 spiro atoms. The second-order valence-corrected chi connectivity index (χ2v) is 5.51. The molecular formula is C15H20N2O2. The Morgan fingerprint density at radius 2 is 2.21 bits per heavy atom. The Labute approximate surface area is 114 Å². The Kier molecular flexibility index (Phi) is 4.41. The monoisotopic (exact) mass is 260 g/mol. The molecule has 4 nitrogen and oxygen atoms in total. The van der Waals surface area contributed by atoms with Gasteiger partial charge in [-0.1, -0.05) is 19.1 Å². The zero-order chi connectivity index (χ0) is 13.7. The molecule has 0 bridgehead atoms. The van der Waals surface area contributed by atoms with Crippen LogP contribution in [0.15, 0.2) is 24.3 Å². The minimum Gasteiger partial charge on any atom is -0.489 e. The van der Waals surface area contributed by atoms with Gasteiger partial charge in [0.05, 0.1) is 5.56 Å². The largest absolute Gasteiger partial charge is 0.489 e. The summed E-state index contributed by atoms with van der Waals surface area (Å²) in [5.74, 6) is 0.526. The lowest BCUT2D eigenvalue weighted by Gasteiger charge is -2.15. The van der Waals surface area contributed by atoms with E-state index in [9.17, 15) is 5.11 Å². The van der Waals surface area contributed by atoms with E-state index >= 15 is 0 Å². The van der Waals surface area contributed by atoms with E-state index in [0.717, 1.165) is 6.54 Å². The fourth-order valence-corrected chi connectivity index (χ4v) is 1.86. The van der Waals surface area contributed by atoms with Crippen molar-refractivity contribution in [3.05, 3.63) is 29.8 Å². The number of nitriles is 1. The molecule has 4 heteroatoms. The van der Waals surface area contributed by atoms with Gasteiger partial charge in [0.2, 0.25) is 0 Å². The highest BCUT2D eigenvalue weighted by molar-refractivity contribution is 5.42. The van der Waals surface area contributed by atoms with Gasteiger partial charge in [-0.25, -0.2) is 0 Å². The summed E-state index contributed by atoms with van der Waals surface area (Å²) in [5, 5.41) is 22.0. The highest BCUT2D eigenvalue weighted by Gasteiger charge is 2.36. The average Bonchev–Trinajstić information content (AvgIpc) is 3.14. The molecule has 0 saturated heterocycles. The van der Waals surface area contributed by atoms with Crippen LogP contribution in [0, 0.1) is 16.7 Å². The molecule has 102 valence electrons. The second kappa shape index (κ2) is 6.05. The van der Waals surface area contributed by atoms with E-state index in [1.165, 1.54) is 12.8 Å². The fourth-order valence-electron chi connectivity index (χ4n) is 1.86. The lowest BCUT2D eigenvalue weighted by molar-refractivity contribution is 0.105. The number of aliphatic hydroxyl groups excluding tert-OH is 1. The smallest absolute Gasteiger partial charge is 0.137 e. The van der Waals surface area contributed by atoms with Crippen LogP contribution in [0.5, 0.6) is 5.75 Å². The molecule has 1 aromatic rings. The minimum atomic E-state index is -0.561. The van der Waals surface area contributed by atoms with Crippen LogP contribution in [-0.4, -0.2) is 30.9 Å². The van der Waals surface area contributed by atoms with Crippen LogP contribution in [0.4, 0.5) is 0 Å². The Bertz CT molecular complexity index is 463. The molecule has 1 aliphatic rings. The fraction of sp³-hybridized carbons (Fsp3) is 0.533. The molecule has 0 aromatic heterocycles. The van der Waals surface area contributed by atoms with Crippen LogP contribution in [-0.2, 0) is 0 Å². The first kappa shape index (κ1) is 13.9. The first-order valence-corrected chi connectivity index (χ1v) is 6.64. The number of aliphatic hydroxyl groups is 1. The van der Waals surface area contributed by atoms with Gasteiger partial charge < -0.3 is 15.2 Å². The molecule has 2 N–H and O–H groups in total. The van der Waals surface area contributed by atoms with Crippen molar-refractivity contribution < 1.29 is 9.84 Å². The maximum absolute atomic E-state index is 9.82. The summed E-state index contributed by atoms with van der Waals surface area (Å²) in [6.07, 6.45) is 1.97. The van der Waals surface area contributed by atoms with Gasteiger partial charge >= 0.3 is 0 Å². The molecule has 0 aliphatic heterocycles. The maximum atomic E-state index is 9.82. The number of ether oxygens (including phenoxy) is 1. The first-order chi connectivity index (χ1) is 9.13. The van der Waals surface area contributed by atoms with Crippen molar-refractivity contribution in [1.29, 1.82) is 5.26 Å². The molecule has 0 radical (unpaired) electrons. The Morgan fingerprint density at radius 3 is 2.89 bits per heavy atom. The van der Waals surface area contributed by atoms with Gasteiger partial charge in [-0.3, -0.25) is 0 Å². The van der Waals surface area contributed by atoms with Crippen molar-refractivity contribution in [1.82, 2.24) is 5.32 Å². The number of para-hydroxylation sites is 1. The van der Waals surface area contributed by atoms with Gasteiger partial charge in [0.1, 0.15) is 24.5 Å². The predicted molar refractivity (Wildman–Crippen MR) is 72.9 cm³/mol. The van der Waals surface area contributed by atoms with Crippen LogP contribution < -0.4 is 10.1 Å². The number of nitrogens with one attached hydrogen (secondary N) is 1. The number of nitrogens with zero attached hydrogens (tertiary/aromatic N) is 1. The molecule has 19 heavy (non-hydrogen) atoms. The summed E-state index contributed by atoms with van der Waals surface area (Å²) in [6.45, 7) is 3.90. The standard InChI is InChI=1S/C15H20N2O2/c1-15(6-7-15)11-17-9-13(18)10-19-14-5-3-2-4-12(14)8-16/h2-5,13,17-18H,6-7,9-11H2,1H3. The van der Waals surface area contributed by atoms with Crippen molar-refractivity contribution in [3.8, 4) is 11.8 Å². The zero-order valence-electron chi connectivity index (χ0n) is 11.2. The van der Waals surface area contributed by atoms with Crippen LogP contribution in [0.2, 0.25) is 0 Å². The lowest BCUT2D eigenvalue weighted by atomic mass is 10.1. The van der Waals surface area contributed by atoms with Crippen molar-refractivity contribution >= 4 is 0 Å². The van der Waals surface area contributed by atoms with E-state index < -0.39 is 6.10 Å². The summed E-state index contributed by atoms with van der Waals surface area (Å²) < 4.78 is 5.48. The number of hydrogen-bond donors (Lipinski definition) is 2. The molecule has 1 atom stereocenters. The second-order valence-electron chi connectivity index (χ2n) is 5.51. The van der Waals surface area contributed by atoms with Crippen LogP contribution in [0.1, 0.15) is 25.3 Å². The zero-order valence-corrected chi connectivity index (χ0v) is 11.2. The van der Waals surface area contributed by atoms with Gasteiger partial charge in [0.25, 0.3) is 0 Å². The van der Waals surface area contributed by atoms with E-state index in [2.05, 4.69) is 18.3 Å². The third-order valence-corrected chi connectivity index (χ3v) is 3.47. The van der Waals surface area contributed by atoms with Crippen molar-refractivity contribution in [2.24, 2.45) is 5.41 Å². The van der Waals surface area contributed by atoms with Crippen molar-refractivity contribution in [2.75, 3.05) is 19.7 Å². The molecule has 1 aliphatic carbocycles. The van der Waals surface area contributed by atoms with Crippen molar-refractivity contribution in [2.45, 2.75) is 25.9 Å². The van der Waals surface area contributed by atoms with E-state index in [0.29, 0.717) is 23.3 Å². The minimum absolute atomic E-state index is 0.197. The highest BCUT2D eigenvalue weighted by Crippen LogP contribution is 2.43. The molecular weight excluding hydrogens is 240 g/mol. The summed E-state index contributed by atoms with van der Waals surface area (Å²) in [5.41, 5.74) is 0.932. The summed E-state index contributed by atoms with van der Waals surface area (Å²) in [6, 6.07) is 9.12. The number of rotatable bonds is 7. The highest BCUT2D eigenvalue weighted by atomic mass is 16.5. The van der Waals surface area contributed by atoms with Gasteiger partial charge in [-0.2, -0.15) is 5.26 Å². The number of benzene rings is 1. The Balaban J connectivity index is 1.70. The third-order valence-electron chi connectivity index (χ3n) is 3.47. The summed E-state index contributed by atoms with van der Waals surface area (Å²) in [4.78, 5) is 0.